The maximum absolute atomic E-state index is 14.0. The number of para-hydroxylation sites is 1. The summed E-state index contributed by atoms with van der Waals surface area (Å²) < 4.78 is 14.0. The van der Waals surface area contributed by atoms with Crippen LogP contribution in [-0.4, -0.2) is 32.6 Å². The van der Waals surface area contributed by atoms with Gasteiger partial charge in [0.05, 0.1) is 12.2 Å². The summed E-state index contributed by atoms with van der Waals surface area (Å²) in [6, 6.07) is 5.00. The minimum Gasteiger partial charge on any atom is -0.363 e. The number of carbonyl (C=O) groups excluding carboxylic acids is 1. The fourth-order valence-corrected chi connectivity index (χ4v) is 2.08. The molecule has 0 spiro atoms. The van der Waals surface area contributed by atoms with Crippen molar-refractivity contribution in [2.45, 2.75) is 26.8 Å². The van der Waals surface area contributed by atoms with Crippen molar-refractivity contribution in [3.05, 3.63) is 29.6 Å². The van der Waals surface area contributed by atoms with Crippen molar-refractivity contribution >= 4 is 11.6 Å². The number of hydrogen-bond acceptors (Lipinski definition) is 3. The molecule has 20 heavy (non-hydrogen) atoms. The summed E-state index contributed by atoms with van der Waals surface area (Å²) in [5.41, 5.74) is 1.35. The van der Waals surface area contributed by atoms with E-state index in [0.29, 0.717) is 18.8 Å². The Balaban J connectivity index is 2.82. The minimum absolute atomic E-state index is 0.106. The molecule has 0 saturated carbocycles. The van der Waals surface area contributed by atoms with E-state index in [1.807, 2.05) is 13.0 Å². The van der Waals surface area contributed by atoms with Crippen molar-refractivity contribution in [3.63, 3.8) is 0 Å². The van der Waals surface area contributed by atoms with Crippen LogP contribution in [-0.2, 0) is 11.3 Å². The predicted molar refractivity (Wildman–Crippen MR) is 80.4 cm³/mol. The third-order valence-electron chi connectivity index (χ3n) is 2.95. The van der Waals surface area contributed by atoms with Gasteiger partial charge in [0.25, 0.3) is 0 Å². The van der Waals surface area contributed by atoms with Crippen molar-refractivity contribution in [1.82, 2.24) is 10.6 Å². The Kier molecular flexibility index (Phi) is 7.01. The van der Waals surface area contributed by atoms with Crippen molar-refractivity contribution in [2.75, 3.05) is 31.6 Å². The number of benzene rings is 1. The smallest absolute Gasteiger partial charge is 0.239 e. The van der Waals surface area contributed by atoms with Crippen molar-refractivity contribution in [1.29, 1.82) is 0 Å². The molecule has 1 rings (SSSR count). The van der Waals surface area contributed by atoms with E-state index in [1.165, 1.54) is 6.07 Å². The first-order chi connectivity index (χ1) is 9.60. The van der Waals surface area contributed by atoms with Crippen LogP contribution in [0.25, 0.3) is 0 Å². The zero-order valence-electron chi connectivity index (χ0n) is 12.5. The molecule has 0 bridgehead atoms. The van der Waals surface area contributed by atoms with Gasteiger partial charge in [0, 0.05) is 20.1 Å². The van der Waals surface area contributed by atoms with Gasteiger partial charge in [-0.3, -0.25) is 4.79 Å². The number of halogens is 1. The first-order valence-electron chi connectivity index (χ1n) is 7.06. The maximum atomic E-state index is 14.0. The average Bonchev–Trinajstić information content (AvgIpc) is 2.39. The highest BCUT2D eigenvalue weighted by Gasteiger charge is 2.15. The van der Waals surface area contributed by atoms with Gasteiger partial charge in [0.1, 0.15) is 5.82 Å². The summed E-state index contributed by atoms with van der Waals surface area (Å²) in [4.78, 5) is 13.3. The number of likely N-dealkylation sites (N-methyl/N-ethyl adjacent to an activating group) is 2. The van der Waals surface area contributed by atoms with E-state index in [0.717, 1.165) is 18.5 Å². The van der Waals surface area contributed by atoms with Gasteiger partial charge in [-0.05, 0) is 31.5 Å². The van der Waals surface area contributed by atoms with Gasteiger partial charge in [-0.2, -0.15) is 0 Å². The Morgan fingerprint density at radius 1 is 1.35 bits per heavy atom. The summed E-state index contributed by atoms with van der Waals surface area (Å²) in [6.07, 6.45) is 1.03. The van der Waals surface area contributed by atoms with Gasteiger partial charge < -0.3 is 15.5 Å². The summed E-state index contributed by atoms with van der Waals surface area (Å²) in [6.45, 7) is 6.16. The molecular formula is C15H24FN3O. The van der Waals surface area contributed by atoms with Crippen molar-refractivity contribution in [2.24, 2.45) is 0 Å². The molecule has 4 nitrogen and oxygen atoms in total. The highest BCUT2D eigenvalue weighted by molar-refractivity contribution is 5.81. The Morgan fingerprint density at radius 2 is 2.10 bits per heavy atom. The SMILES string of the molecule is CCCNCc1cccc(F)c1N(C)CC(=O)NCC. The number of rotatable bonds is 8. The lowest BCUT2D eigenvalue weighted by molar-refractivity contribution is -0.119. The lowest BCUT2D eigenvalue weighted by Gasteiger charge is -2.22. The Labute approximate surface area is 120 Å². The van der Waals surface area contributed by atoms with Gasteiger partial charge in [-0.25, -0.2) is 4.39 Å². The molecule has 0 radical (unpaired) electrons. The number of carbonyl (C=O) groups is 1. The topological polar surface area (TPSA) is 44.4 Å². The lowest BCUT2D eigenvalue weighted by atomic mass is 10.1. The molecule has 1 aromatic carbocycles. The van der Waals surface area contributed by atoms with Crippen LogP contribution >= 0.6 is 0 Å². The Morgan fingerprint density at radius 3 is 2.75 bits per heavy atom. The highest BCUT2D eigenvalue weighted by Crippen LogP contribution is 2.23. The molecule has 0 heterocycles. The molecule has 0 fully saturated rings. The lowest BCUT2D eigenvalue weighted by Crippen LogP contribution is -2.36. The second-order valence-electron chi connectivity index (χ2n) is 4.73. The van der Waals surface area contributed by atoms with E-state index in [1.54, 1.807) is 18.0 Å². The highest BCUT2D eigenvalue weighted by atomic mass is 19.1. The first-order valence-corrected chi connectivity index (χ1v) is 7.06. The van der Waals surface area contributed by atoms with E-state index in [-0.39, 0.29) is 18.3 Å². The van der Waals surface area contributed by atoms with Crippen LogP contribution in [0.1, 0.15) is 25.8 Å². The van der Waals surface area contributed by atoms with E-state index >= 15 is 0 Å². The number of nitrogens with one attached hydrogen (secondary N) is 2. The predicted octanol–water partition coefficient (Wildman–Crippen LogP) is 1.90. The number of amides is 1. The summed E-state index contributed by atoms with van der Waals surface area (Å²) in [5.74, 6) is -0.404. The van der Waals surface area contributed by atoms with E-state index in [4.69, 9.17) is 0 Å². The van der Waals surface area contributed by atoms with Gasteiger partial charge in [-0.1, -0.05) is 19.1 Å². The van der Waals surface area contributed by atoms with E-state index in [9.17, 15) is 9.18 Å². The number of anilines is 1. The zero-order valence-corrected chi connectivity index (χ0v) is 12.5. The van der Waals surface area contributed by atoms with Crippen LogP contribution < -0.4 is 15.5 Å². The van der Waals surface area contributed by atoms with Crippen molar-refractivity contribution in [3.8, 4) is 0 Å². The Bertz CT molecular complexity index is 437. The van der Waals surface area contributed by atoms with Gasteiger partial charge in [0.15, 0.2) is 0 Å². The third kappa shape index (κ3) is 4.81. The monoisotopic (exact) mass is 281 g/mol. The standard InChI is InChI=1S/C15H24FN3O/c1-4-9-17-10-12-7-6-8-13(16)15(12)19(3)11-14(20)18-5-2/h6-8,17H,4-5,9-11H2,1-3H3,(H,18,20). The first kappa shape index (κ1) is 16.4. The second-order valence-corrected chi connectivity index (χ2v) is 4.73. The molecule has 1 aromatic rings. The zero-order chi connectivity index (χ0) is 15.0. The molecule has 0 aliphatic heterocycles. The van der Waals surface area contributed by atoms with Crippen LogP contribution in [0, 0.1) is 5.82 Å². The quantitative estimate of drug-likeness (QED) is 0.715. The molecule has 0 aliphatic carbocycles. The molecule has 5 heteroatoms. The maximum Gasteiger partial charge on any atom is 0.239 e. The van der Waals surface area contributed by atoms with E-state index < -0.39 is 0 Å². The average molecular weight is 281 g/mol. The van der Waals surface area contributed by atoms with Crippen LogP contribution in [0.3, 0.4) is 0 Å². The van der Waals surface area contributed by atoms with E-state index in [2.05, 4.69) is 17.6 Å². The minimum atomic E-state index is -0.299. The van der Waals surface area contributed by atoms with Gasteiger partial charge >= 0.3 is 0 Å². The largest absolute Gasteiger partial charge is 0.363 e. The summed E-state index contributed by atoms with van der Waals surface area (Å²) in [7, 11) is 1.73. The second kappa shape index (κ2) is 8.53. The number of nitrogens with zero attached hydrogens (tertiary/aromatic N) is 1. The normalized spacial score (nSPS) is 10.4. The van der Waals surface area contributed by atoms with Gasteiger partial charge in [0.2, 0.25) is 5.91 Å². The summed E-state index contributed by atoms with van der Waals surface area (Å²) in [5, 5.41) is 5.98. The molecule has 2 N–H and O–H groups in total. The summed E-state index contributed by atoms with van der Waals surface area (Å²) >= 11 is 0. The van der Waals surface area contributed by atoms with Crippen LogP contribution in [0.5, 0.6) is 0 Å². The van der Waals surface area contributed by atoms with Crippen LogP contribution in [0.2, 0.25) is 0 Å². The van der Waals surface area contributed by atoms with Gasteiger partial charge in [-0.15, -0.1) is 0 Å². The fourth-order valence-electron chi connectivity index (χ4n) is 2.08. The molecule has 0 unspecified atom stereocenters. The fraction of sp³-hybridized carbons (Fsp3) is 0.533. The molecule has 112 valence electrons. The van der Waals surface area contributed by atoms with Crippen LogP contribution in [0.15, 0.2) is 18.2 Å². The number of hydrogen-bond donors (Lipinski definition) is 2. The molecule has 0 saturated heterocycles. The molecule has 0 aliphatic rings. The van der Waals surface area contributed by atoms with Crippen LogP contribution in [0.4, 0.5) is 10.1 Å². The molecule has 0 aromatic heterocycles. The van der Waals surface area contributed by atoms with Crippen molar-refractivity contribution < 1.29 is 9.18 Å². The molecule has 1 amide bonds. The Hall–Kier alpha value is -1.62. The molecular weight excluding hydrogens is 257 g/mol. The molecule has 0 atom stereocenters. The third-order valence-corrected chi connectivity index (χ3v) is 2.95.